The summed E-state index contributed by atoms with van der Waals surface area (Å²) in [7, 11) is 0. The number of hydrogen-bond acceptors (Lipinski definition) is 1. The lowest BCUT2D eigenvalue weighted by molar-refractivity contribution is 0.900. The van der Waals surface area contributed by atoms with Gasteiger partial charge in [0, 0.05) is 18.7 Å². The fourth-order valence-electron chi connectivity index (χ4n) is 0.905. The lowest BCUT2D eigenvalue weighted by Crippen LogP contribution is -2.11. The Hall–Kier alpha value is -0.110. The van der Waals surface area contributed by atoms with Gasteiger partial charge in [0.2, 0.25) is 0 Å². The Kier molecular flexibility index (Phi) is 4.17. The quantitative estimate of drug-likeness (QED) is 0.789. The monoisotopic (exact) mass is 237 g/mol. The van der Waals surface area contributed by atoms with Gasteiger partial charge in [-0.3, -0.25) is 0 Å². The van der Waals surface area contributed by atoms with E-state index in [-0.39, 0.29) is 0 Å². The van der Waals surface area contributed by atoms with Gasteiger partial charge >= 0.3 is 0 Å². The molecule has 0 amide bonds. The second kappa shape index (κ2) is 4.94. The lowest BCUT2D eigenvalue weighted by atomic mass is 10.3. The van der Waals surface area contributed by atoms with Crippen molar-refractivity contribution in [2.45, 2.75) is 10.2 Å². The van der Waals surface area contributed by atoms with Gasteiger partial charge in [0.1, 0.15) is 0 Å². The number of benzene rings is 1. The molecule has 0 saturated carbocycles. The number of rotatable bonds is 3. The highest BCUT2D eigenvalue weighted by atomic mass is 35.6. The van der Waals surface area contributed by atoms with E-state index in [2.05, 4.69) is 5.32 Å². The fraction of sp³-hybridized carbons (Fsp3) is 0.333. The van der Waals surface area contributed by atoms with Gasteiger partial charge in [-0.15, -0.1) is 0 Å². The van der Waals surface area contributed by atoms with Crippen LogP contribution >= 0.6 is 34.8 Å². The third-order valence-electron chi connectivity index (χ3n) is 1.51. The summed E-state index contributed by atoms with van der Waals surface area (Å²) >= 11 is 16.8. The molecule has 4 heteroatoms. The molecule has 0 saturated heterocycles. The van der Waals surface area contributed by atoms with Crippen LogP contribution in [0.2, 0.25) is 0 Å². The number of alkyl halides is 3. The van der Waals surface area contributed by atoms with Gasteiger partial charge in [0.05, 0.1) is 0 Å². The van der Waals surface area contributed by atoms with Crippen molar-refractivity contribution < 1.29 is 0 Å². The predicted molar refractivity (Wildman–Crippen MR) is 59.8 cm³/mol. The van der Waals surface area contributed by atoms with Crippen LogP contribution in [0, 0.1) is 0 Å². The Morgan fingerprint density at radius 3 is 2.23 bits per heavy atom. The fourth-order valence-corrected chi connectivity index (χ4v) is 1.19. The zero-order chi connectivity index (χ0) is 9.73. The van der Waals surface area contributed by atoms with E-state index >= 15 is 0 Å². The standard InChI is InChI=1S/C9H10Cl3N/c10-9(11,12)6-7-13-8-4-2-1-3-5-8/h1-5,13H,6-7H2. The van der Waals surface area contributed by atoms with Crippen molar-refractivity contribution >= 4 is 40.5 Å². The first kappa shape index (κ1) is 11.0. The maximum absolute atomic E-state index is 5.59. The van der Waals surface area contributed by atoms with Crippen LogP contribution in [-0.2, 0) is 0 Å². The Labute approximate surface area is 93.0 Å². The van der Waals surface area contributed by atoms with Crippen molar-refractivity contribution in [2.75, 3.05) is 11.9 Å². The van der Waals surface area contributed by atoms with Crippen LogP contribution < -0.4 is 5.32 Å². The molecule has 1 N–H and O–H groups in total. The molecule has 0 radical (unpaired) electrons. The minimum absolute atomic E-state index is 0.493. The highest BCUT2D eigenvalue weighted by Gasteiger charge is 2.18. The largest absolute Gasteiger partial charge is 0.385 e. The van der Waals surface area contributed by atoms with E-state index in [1.54, 1.807) is 0 Å². The average Bonchev–Trinajstić information content (AvgIpc) is 2.04. The molecule has 1 nitrogen and oxygen atoms in total. The van der Waals surface area contributed by atoms with Gasteiger partial charge in [0.25, 0.3) is 0 Å². The van der Waals surface area contributed by atoms with Crippen LogP contribution in [0.4, 0.5) is 5.69 Å². The van der Waals surface area contributed by atoms with Crippen molar-refractivity contribution in [3.05, 3.63) is 30.3 Å². The molecule has 0 unspecified atom stereocenters. The van der Waals surface area contributed by atoms with E-state index in [0.29, 0.717) is 13.0 Å². The van der Waals surface area contributed by atoms with Crippen molar-refractivity contribution in [1.29, 1.82) is 0 Å². The average molecular weight is 239 g/mol. The minimum Gasteiger partial charge on any atom is -0.385 e. The first-order valence-electron chi connectivity index (χ1n) is 3.93. The Morgan fingerprint density at radius 1 is 1.08 bits per heavy atom. The van der Waals surface area contributed by atoms with E-state index in [4.69, 9.17) is 34.8 Å². The van der Waals surface area contributed by atoms with Crippen molar-refractivity contribution in [3.63, 3.8) is 0 Å². The lowest BCUT2D eigenvalue weighted by Gasteiger charge is -2.11. The molecule has 0 aliphatic carbocycles. The molecule has 0 aliphatic heterocycles. The highest BCUT2D eigenvalue weighted by Crippen LogP contribution is 2.29. The molecule has 1 aromatic carbocycles. The van der Waals surface area contributed by atoms with E-state index < -0.39 is 3.79 Å². The topological polar surface area (TPSA) is 12.0 Å². The van der Waals surface area contributed by atoms with Crippen LogP contribution in [0.3, 0.4) is 0 Å². The third kappa shape index (κ3) is 5.25. The zero-order valence-electron chi connectivity index (χ0n) is 6.93. The maximum atomic E-state index is 5.59. The molecule has 0 bridgehead atoms. The molecule has 1 aromatic rings. The Bertz CT molecular complexity index is 243. The van der Waals surface area contributed by atoms with E-state index in [1.165, 1.54) is 0 Å². The van der Waals surface area contributed by atoms with Gasteiger partial charge in [-0.25, -0.2) is 0 Å². The molecule has 72 valence electrons. The second-order valence-corrected chi connectivity index (χ2v) is 5.17. The van der Waals surface area contributed by atoms with Crippen molar-refractivity contribution in [2.24, 2.45) is 0 Å². The van der Waals surface area contributed by atoms with Gasteiger partial charge in [-0.2, -0.15) is 0 Å². The third-order valence-corrected chi connectivity index (χ3v) is 2.08. The number of anilines is 1. The predicted octanol–water partition coefficient (Wildman–Crippen LogP) is 3.86. The van der Waals surface area contributed by atoms with Crippen LogP contribution in [0.15, 0.2) is 30.3 Å². The first-order valence-corrected chi connectivity index (χ1v) is 5.07. The summed E-state index contributed by atoms with van der Waals surface area (Å²) in [6, 6.07) is 9.81. The smallest absolute Gasteiger partial charge is 0.192 e. The van der Waals surface area contributed by atoms with Crippen molar-refractivity contribution in [3.8, 4) is 0 Å². The molecule has 0 aliphatic rings. The molecule has 13 heavy (non-hydrogen) atoms. The van der Waals surface area contributed by atoms with Gasteiger partial charge in [-0.1, -0.05) is 53.0 Å². The second-order valence-electron chi connectivity index (χ2n) is 2.66. The normalized spacial score (nSPS) is 11.3. The molecule has 0 spiro atoms. The molecule has 0 atom stereocenters. The Morgan fingerprint density at radius 2 is 1.69 bits per heavy atom. The molecular weight excluding hydrogens is 228 g/mol. The molecule has 0 aromatic heterocycles. The van der Waals surface area contributed by atoms with Crippen LogP contribution in [-0.4, -0.2) is 10.3 Å². The van der Waals surface area contributed by atoms with Gasteiger partial charge in [0.15, 0.2) is 3.79 Å². The summed E-state index contributed by atoms with van der Waals surface area (Å²) in [5, 5.41) is 3.15. The van der Waals surface area contributed by atoms with E-state index in [0.717, 1.165) is 5.69 Å². The molecule has 0 heterocycles. The van der Waals surface area contributed by atoms with Gasteiger partial charge in [-0.05, 0) is 12.1 Å². The number of para-hydroxylation sites is 1. The number of halogens is 3. The maximum Gasteiger partial charge on any atom is 0.192 e. The summed E-state index contributed by atoms with van der Waals surface area (Å²) in [6.45, 7) is 0.653. The first-order chi connectivity index (χ1) is 6.08. The van der Waals surface area contributed by atoms with Gasteiger partial charge < -0.3 is 5.32 Å². The highest BCUT2D eigenvalue weighted by molar-refractivity contribution is 6.67. The molecule has 1 rings (SSSR count). The SMILES string of the molecule is ClC(Cl)(Cl)CCNc1ccccc1. The molecule has 0 fully saturated rings. The van der Waals surface area contributed by atoms with E-state index in [1.807, 2.05) is 30.3 Å². The van der Waals surface area contributed by atoms with E-state index in [9.17, 15) is 0 Å². The summed E-state index contributed by atoms with van der Waals surface area (Å²) in [6.07, 6.45) is 0.493. The van der Waals surface area contributed by atoms with Crippen LogP contribution in [0.25, 0.3) is 0 Å². The summed E-state index contributed by atoms with van der Waals surface area (Å²) in [4.78, 5) is 0. The number of hydrogen-bond donors (Lipinski definition) is 1. The van der Waals surface area contributed by atoms with Crippen LogP contribution in [0.1, 0.15) is 6.42 Å². The summed E-state index contributed by atoms with van der Waals surface area (Å²) in [5.41, 5.74) is 1.04. The number of nitrogens with one attached hydrogen (secondary N) is 1. The molecular formula is C9H10Cl3N. The Balaban J connectivity index is 2.29. The zero-order valence-corrected chi connectivity index (χ0v) is 9.20. The van der Waals surface area contributed by atoms with Crippen LogP contribution in [0.5, 0.6) is 0 Å². The summed E-state index contributed by atoms with van der Waals surface area (Å²) < 4.78 is -1.16. The minimum atomic E-state index is -1.16. The van der Waals surface area contributed by atoms with Crippen molar-refractivity contribution in [1.82, 2.24) is 0 Å². The summed E-state index contributed by atoms with van der Waals surface area (Å²) in [5.74, 6) is 0.